The van der Waals surface area contributed by atoms with E-state index in [4.69, 9.17) is 0 Å². The summed E-state index contributed by atoms with van der Waals surface area (Å²) in [5, 5.41) is 29.5. The standard InChI is InChI=1S/C40H33N5/c1-25-7-6-12-39-40(25)33-21-28(24-43)15-18-38(33)45(39)35-11-5-3-9-30(35)32-20-27(23-42)14-17-37(32)44-34-10-4-2-8-29(34)31-19-26(22-41)13-16-36(31)44/h2-3,5-6,8-9,11-21,25,31,33,36,38-40H,4,7,10H2,1H3. The maximum atomic E-state index is 10.1. The molecule has 7 atom stereocenters. The van der Waals surface area contributed by atoms with Crippen molar-refractivity contribution in [3.05, 3.63) is 131 Å². The van der Waals surface area contributed by atoms with Crippen molar-refractivity contribution in [3.63, 3.8) is 0 Å². The van der Waals surface area contributed by atoms with Gasteiger partial charge in [0.1, 0.15) is 0 Å². The zero-order valence-corrected chi connectivity index (χ0v) is 25.2. The molecule has 2 heterocycles. The molecule has 218 valence electrons. The summed E-state index contributed by atoms with van der Waals surface area (Å²) in [6.45, 7) is 2.35. The van der Waals surface area contributed by atoms with Crippen LogP contribution in [0.4, 0.5) is 11.4 Å². The van der Waals surface area contributed by atoms with Gasteiger partial charge in [0, 0.05) is 51.2 Å². The molecule has 2 aliphatic heterocycles. The van der Waals surface area contributed by atoms with Crippen molar-refractivity contribution in [2.75, 3.05) is 9.80 Å². The SMILES string of the molecule is CC1CC=CC2C1C1C=C(C#N)C=CC1N2c1ccccc1-c1cc(C#N)ccc1N1C2=C(C=CCC2)C2C=C(C#N)C=CC21. The van der Waals surface area contributed by atoms with Crippen LogP contribution < -0.4 is 9.80 Å². The van der Waals surface area contributed by atoms with Gasteiger partial charge in [0.2, 0.25) is 0 Å². The van der Waals surface area contributed by atoms with Gasteiger partial charge in [-0.3, -0.25) is 0 Å². The topological polar surface area (TPSA) is 77.8 Å². The first-order valence-corrected chi connectivity index (χ1v) is 16.0. The highest BCUT2D eigenvalue weighted by atomic mass is 15.2. The molecule has 0 spiro atoms. The minimum absolute atomic E-state index is 0.0622. The van der Waals surface area contributed by atoms with E-state index in [1.807, 2.05) is 18.2 Å². The van der Waals surface area contributed by atoms with Crippen LogP contribution in [-0.4, -0.2) is 18.1 Å². The first-order chi connectivity index (χ1) is 22.1. The lowest BCUT2D eigenvalue weighted by Gasteiger charge is -2.37. The molecule has 0 saturated carbocycles. The molecule has 0 bridgehead atoms. The van der Waals surface area contributed by atoms with E-state index in [-0.39, 0.29) is 30.0 Å². The summed E-state index contributed by atoms with van der Waals surface area (Å²) in [6.07, 6.45) is 24.8. The fourth-order valence-electron chi connectivity index (χ4n) is 8.79. The zero-order chi connectivity index (χ0) is 30.7. The number of hydrogen-bond donors (Lipinski definition) is 0. The van der Waals surface area contributed by atoms with E-state index in [1.54, 1.807) is 0 Å². The van der Waals surface area contributed by atoms with Gasteiger partial charge in [-0.1, -0.05) is 73.7 Å². The van der Waals surface area contributed by atoms with Crippen LogP contribution in [-0.2, 0) is 0 Å². The summed E-state index contributed by atoms with van der Waals surface area (Å²) in [5.74, 6) is 1.26. The predicted molar refractivity (Wildman–Crippen MR) is 177 cm³/mol. The molecule has 8 rings (SSSR count). The fourth-order valence-corrected chi connectivity index (χ4v) is 8.79. The van der Waals surface area contributed by atoms with E-state index in [9.17, 15) is 15.8 Å². The van der Waals surface area contributed by atoms with E-state index in [0.717, 1.165) is 47.3 Å². The first-order valence-electron chi connectivity index (χ1n) is 16.0. The van der Waals surface area contributed by atoms with Crippen LogP contribution >= 0.6 is 0 Å². The summed E-state index contributed by atoms with van der Waals surface area (Å²) >= 11 is 0. The Bertz CT molecular complexity index is 1950. The Balaban J connectivity index is 1.30. The van der Waals surface area contributed by atoms with Crippen LogP contribution in [0.1, 0.15) is 31.7 Å². The number of nitriles is 3. The van der Waals surface area contributed by atoms with Gasteiger partial charge in [0.25, 0.3) is 0 Å². The molecule has 0 aromatic heterocycles. The van der Waals surface area contributed by atoms with Crippen molar-refractivity contribution in [1.82, 2.24) is 0 Å². The molecule has 0 radical (unpaired) electrons. The highest BCUT2D eigenvalue weighted by Crippen LogP contribution is 2.53. The first kappa shape index (κ1) is 27.3. The van der Waals surface area contributed by atoms with Gasteiger partial charge in [-0.15, -0.1) is 0 Å². The maximum absolute atomic E-state index is 10.1. The second-order valence-corrected chi connectivity index (χ2v) is 13.0. The summed E-state index contributed by atoms with van der Waals surface area (Å²) in [7, 11) is 0. The number of hydrogen-bond acceptors (Lipinski definition) is 5. The van der Waals surface area contributed by atoms with Gasteiger partial charge >= 0.3 is 0 Å². The molecule has 1 saturated heterocycles. The lowest BCUT2D eigenvalue weighted by Crippen LogP contribution is -2.38. The molecule has 0 N–H and O–H groups in total. The summed E-state index contributed by atoms with van der Waals surface area (Å²) in [4.78, 5) is 5.04. The predicted octanol–water partition coefficient (Wildman–Crippen LogP) is 8.06. The fraction of sp³-hybridized carbons (Fsp3) is 0.275. The molecule has 5 nitrogen and oxygen atoms in total. The van der Waals surface area contributed by atoms with Crippen LogP contribution in [0.2, 0.25) is 0 Å². The number of anilines is 2. The molecule has 2 aromatic carbocycles. The van der Waals surface area contributed by atoms with E-state index in [0.29, 0.717) is 23.0 Å². The number of allylic oxidation sites excluding steroid dienone is 8. The van der Waals surface area contributed by atoms with Gasteiger partial charge in [0.15, 0.2) is 0 Å². The van der Waals surface area contributed by atoms with Crippen LogP contribution in [0, 0.1) is 57.7 Å². The number of rotatable bonds is 3. The molecule has 6 aliphatic rings. The Morgan fingerprint density at radius 1 is 0.756 bits per heavy atom. The van der Waals surface area contributed by atoms with E-state index < -0.39 is 0 Å². The third kappa shape index (κ3) is 4.18. The minimum Gasteiger partial charge on any atom is -0.357 e. The van der Waals surface area contributed by atoms with Crippen LogP contribution in [0.5, 0.6) is 0 Å². The zero-order valence-electron chi connectivity index (χ0n) is 25.2. The summed E-state index contributed by atoms with van der Waals surface area (Å²) in [6, 6.07) is 22.3. The minimum atomic E-state index is 0.0622. The third-order valence-corrected chi connectivity index (χ3v) is 10.7. The van der Waals surface area contributed by atoms with Gasteiger partial charge in [-0.25, -0.2) is 0 Å². The molecule has 4 aliphatic carbocycles. The lowest BCUT2D eigenvalue weighted by atomic mass is 9.73. The van der Waals surface area contributed by atoms with E-state index in [2.05, 4.69) is 120 Å². The number of nitrogens with zero attached hydrogens (tertiary/aromatic N) is 5. The van der Waals surface area contributed by atoms with Crippen LogP contribution in [0.25, 0.3) is 11.1 Å². The molecule has 1 fully saturated rings. The molecule has 0 amide bonds. The smallest absolute Gasteiger partial charge is 0.0991 e. The average molecular weight is 584 g/mol. The van der Waals surface area contributed by atoms with E-state index >= 15 is 0 Å². The average Bonchev–Trinajstić information content (AvgIpc) is 3.60. The number of benzene rings is 2. The largest absolute Gasteiger partial charge is 0.357 e. The quantitative estimate of drug-likeness (QED) is 0.342. The molecule has 2 aromatic rings. The van der Waals surface area contributed by atoms with Crippen molar-refractivity contribution in [2.45, 2.75) is 44.3 Å². The van der Waals surface area contributed by atoms with Crippen molar-refractivity contribution in [2.24, 2.45) is 23.7 Å². The normalized spacial score (nSPS) is 30.4. The van der Waals surface area contributed by atoms with Gasteiger partial charge < -0.3 is 9.80 Å². The molecule has 5 heteroatoms. The second kappa shape index (κ2) is 10.7. The molecular formula is C40H33N5. The van der Waals surface area contributed by atoms with Crippen molar-refractivity contribution >= 4 is 11.4 Å². The number of para-hydroxylation sites is 1. The second-order valence-electron chi connectivity index (χ2n) is 13.0. The summed E-state index contributed by atoms with van der Waals surface area (Å²) < 4.78 is 0. The van der Waals surface area contributed by atoms with E-state index in [1.165, 1.54) is 11.3 Å². The highest BCUT2D eigenvalue weighted by Gasteiger charge is 2.50. The molecular weight excluding hydrogens is 550 g/mol. The Labute approximate surface area is 265 Å². The van der Waals surface area contributed by atoms with Crippen molar-refractivity contribution in [3.8, 4) is 29.3 Å². The van der Waals surface area contributed by atoms with Crippen molar-refractivity contribution < 1.29 is 0 Å². The monoisotopic (exact) mass is 583 g/mol. The Morgan fingerprint density at radius 2 is 1.56 bits per heavy atom. The highest BCUT2D eigenvalue weighted by molar-refractivity contribution is 5.90. The Morgan fingerprint density at radius 3 is 2.38 bits per heavy atom. The van der Waals surface area contributed by atoms with Crippen LogP contribution in [0.3, 0.4) is 0 Å². The van der Waals surface area contributed by atoms with Gasteiger partial charge in [0.05, 0.1) is 41.9 Å². The number of fused-ring (bicyclic) bond motifs is 5. The Hall–Kier alpha value is -5.31. The Kier molecular flexibility index (Phi) is 6.48. The molecule has 7 unspecified atom stereocenters. The van der Waals surface area contributed by atoms with Gasteiger partial charge in [-0.2, -0.15) is 15.8 Å². The lowest BCUT2D eigenvalue weighted by molar-refractivity contribution is 0.295. The summed E-state index contributed by atoms with van der Waals surface area (Å²) in [5.41, 5.74) is 9.03. The van der Waals surface area contributed by atoms with Gasteiger partial charge in [-0.05, 0) is 73.1 Å². The van der Waals surface area contributed by atoms with Crippen LogP contribution in [0.15, 0.2) is 126 Å². The van der Waals surface area contributed by atoms with Crippen molar-refractivity contribution in [1.29, 1.82) is 15.8 Å². The molecule has 45 heavy (non-hydrogen) atoms. The third-order valence-electron chi connectivity index (χ3n) is 10.7. The maximum Gasteiger partial charge on any atom is 0.0991 e.